The zero-order chi connectivity index (χ0) is 39.9. The molecule has 0 bridgehead atoms. The van der Waals surface area contributed by atoms with Crippen LogP contribution in [-0.4, -0.2) is 115 Å². The maximum atomic E-state index is 14.7. The van der Waals surface area contributed by atoms with E-state index in [-0.39, 0.29) is 68.0 Å². The Morgan fingerprint density at radius 2 is 1.71 bits per heavy atom. The second-order valence-electron chi connectivity index (χ2n) is 13.1. The van der Waals surface area contributed by atoms with Gasteiger partial charge < -0.3 is 56.3 Å². The van der Waals surface area contributed by atoms with Crippen LogP contribution in [0.15, 0.2) is 36.4 Å². The van der Waals surface area contributed by atoms with Crippen LogP contribution in [0, 0.1) is 11.6 Å². The number of halogens is 3. The number of nitrogens with zero attached hydrogens (tertiary/aromatic N) is 3. The summed E-state index contributed by atoms with van der Waals surface area (Å²) in [4.78, 5) is 69.6. The molecule has 3 aromatic rings. The van der Waals surface area contributed by atoms with Gasteiger partial charge in [0.2, 0.25) is 5.91 Å². The summed E-state index contributed by atoms with van der Waals surface area (Å²) < 4.78 is 34.2. The second-order valence-corrected chi connectivity index (χ2v) is 13.5. The van der Waals surface area contributed by atoms with Crippen LogP contribution in [0.5, 0.6) is 23.0 Å². The van der Waals surface area contributed by atoms with Crippen molar-refractivity contribution in [1.82, 2.24) is 25.3 Å². The first-order valence-corrected chi connectivity index (χ1v) is 17.3. The van der Waals surface area contributed by atoms with E-state index in [2.05, 4.69) is 10.6 Å². The largest absolute Gasteiger partial charge is 0.547 e. The van der Waals surface area contributed by atoms with E-state index in [1.165, 1.54) is 23.1 Å². The molecule has 6 rings (SSSR count). The highest BCUT2D eigenvalue weighted by Gasteiger charge is 2.43. The summed E-state index contributed by atoms with van der Waals surface area (Å²) in [6.07, 6.45) is 0.425. The van der Waals surface area contributed by atoms with Crippen LogP contribution in [0.2, 0.25) is 5.02 Å². The van der Waals surface area contributed by atoms with Crippen LogP contribution < -0.4 is 21.0 Å². The Hall–Kier alpha value is -5.86. The molecule has 0 aromatic heterocycles. The van der Waals surface area contributed by atoms with Crippen molar-refractivity contribution < 1.29 is 62.9 Å². The number of carboxylic acids is 1. The fourth-order valence-electron chi connectivity index (χ4n) is 6.90. The van der Waals surface area contributed by atoms with Gasteiger partial charge in [0.15, 0.2) is 17.3 Å². The minimum absolute atomic E-state index is 0.0907. The number of imide groups is 1. The molecule has 0 spiro atoms. The van der Waals surface area contributed by atoms with Gasteiger partial charge in [-0.2, -0.15) is 0 Å². The summed E-state index contributed by atoms with van der Waals surface area (Å²) in [6, 6.07) is 2.81. The number of phenolic OH excluding ortho intramolecular Hbond substituents is 3. The zero-order valence-corrected chi connectivity index (χ0v) is 29.4. The smallest absolute Gasteiger partial charge is 0.534 e. The van der Waals surface area contributed by atoms with Gasteiger partial charge in [0, 0.05) is 49.9 Å². The van der Waals surface area contributed by atoms with Crippen molar-refractivity contribution >= 4 is 48.6 Å². The topological polar surface area (TPSA) is 256 Å². The Labute approximate surface area is 316 Å². The Morgan fingerprint density at radius 1 is 1.00 bits per heavy atom. The molecule has 2 saturated heterocycles. The number of carbonyl (C=O) groups excluding carboxylic acids is 4. The summed E-state index contributed by atoms with van der Waals surface area (Å²) in [5.74, 6) is -10.0. The number of nitrogens with two attached hydrogens (primary N) is 1. The van der Waals surface area contributed by atoms with E-state index in [0.717, 1.165) is 11.0 Å². The second kappa shape index (κ2) is 15.5. The van der Waals surface area contributed by atoms with Crippen LogP contribution in [0.4, 0.5) is 18.4 Å². The summed E-state index contributed by atoms with van der Waals surface area (Å²) in [6.45, 7) is 0.599. The number of rotatable bonds is 8. The summed E-state index contributed by atoms with van der Waals surface area (Å²) in [7, 11) is -1.94. The summed E-state index contributed by atoms with van der Waals surface area (Å²) in [5, 5.41) is 54.2. The van der Waals surface area contributed by atoms with Crippen LogP contribution in [0.1, 0.15) is 56.3 Å². The average Bonchev–Trinajstić information content (AvgIpc) is 3.55. The first-order chi connectivity index (χ1) is 26.1. The molecule has 2 fully saturated rings. The lowest BCUT2D eigenvalue weighted by molar-refractivity contribution is -0.123. The predicted octanol–water partition coefficient (Wildman–Crippen LogP) is 1.82. The number of nitrogens with one attached hydrogen (secondary N) is 2. The molecule has 0 radical (unpaired) electrons. The van der Waals surface area contributed by atoms with Crippen molar-refractivity contribution in [2.75, 3.05) is 26.2 Å². The molecule has 3 heterocycles. The fraction of sp³-hybridized carbons (Fsp3) is 0.324. The highest BCUT2D eigenvalue weighted by molar-refractivity contribution is 6.47. The van der Waals surface area contributed by atoms with Gasteiger partial charge in [0.05, 0.1) is 11.0 Å². The quantitative estimate of drug-likeness (QED) is 0.120. The molecule has 2 atom stereocenters. The van der Waals surface area contributed by atoms with Gasteiger partial charge in [-0.1, -0.05) is 17.7 Å². The van der Waals surface area contributed by atoms with Crippen LogP contribution in [-0.2, 0) is 17.8 Å². The monoisotopic (exact) mass is 786 g/mol. The van der Waals surface area contributed by atoms with E-state index in [9.17, 15) is 58.2 Å². The zero-order valence-electron chi connectivity index (χ0n) is 28.7. The maximum Gasteiger partial charge on any atom is 0.547 e. The minimum Gasteiger partial charge on any atom is -0.534 e. The molecule has 3 aromatic carbocycles. The lowest BCUT2D eigenvalue weighted by Crippen LogP contribution is -2.56. The summed E-state index contributed by atoms with van der Waals surface area (Å²) in [5.41, 5.74) is 5.21. The Bertz CT molecular complexity index is 2090. The standard InChI is InChI=1S/C34H34BClF2N6O11/c36-25-20(13-22(38)27(46)28(25)47)26(30(48)40-23-12-16-1-2-21(37)24(32(50)51)29(16)55-35(23)54)41-33(52)44-8-7-43(34(44)53)18-3-5-42(6-4-18)31(49)17-9-15(14-39)10-19(45)11-17/h1-2,9-11,13,18,23,26,45-47,54H,3-8,12,14,39H2,(H,40,48)(H,41,52)(H,50,51)/t23-,26?/m0/s1. The number of aromatic hydroxyl groups is 3. The normalized spacial score (nSPS) is 17.8. The number of benzene rings is 3. The number of urea groups is 2. The number of aromatic carboxylic acids is 1. The highest BCUT2D eigenvalue weighted by Crippen LogP contribution is 2.41. The van der Waals surface area contributed by atoms with Crippen molar-refractivity contribution in [2.24, 2.45) is 5.73 Å². The van der Waals surface area contributed by atoms with E-state index < -0.39 is 88.1 Å². The van der Waals surface area contributed by atoms with Crippen molar-refractivity contribution in [3.8, 4) is 23.0 Å². The Balaban J connectivity index is 1.16. The molecule has 3 aliphatic rings. The third-order valence-electron chi connectivity index (χ3n) is 9.73. The van der Waals surface area contributed by atoms with Gasteiger partial charge in [0.25, 0.3) is 5.91 Å². The molecule has 55 heavy (non-hydrogen) atoms. The molecular weight excluding hydrogens is 753 g/mol. The van der Waals surface area contributed by atoms with Crippen molar-refractivity contribution in [3.63, 3.8) is 0 Å². The van der Waals surface area contributed by atoms with Gasteiger partial charge in [0.1, 0.15) is 28.9 Å². The van der Waals surface area contributed by atoms with E-state index >= 15 is 0 Å². The van der Waals surface area contributed by atoms with Gasteiger partial charge in [-0.3, -0.25) is 9.59 Å². The molecule has 0 saturated carbocycles. The van der Waals surface area contributed by atoms with Crippen molar-refractivity contribution in [3.05, 3.63) is 80.9 Å². The number of carboxylic acid groups (broad SMARTS) is 1. The Morgan fingerprint density at radius 3 is 2.38 bits per heavy atom. The fourth-order valence-corrected chi connectivity index (χ4v) is 7.16. The van der Waals surface area contributed by atoms with E-state index in [4.69, 9.17) is 22.0 Å². The van der Waals surface area contributed by atoms with Crippen molar-refractivity contribution in [2.45, 2.75) is 43.8 Å². The number of carbonyl (C=O) groups is 5. The summed E-state index contributed by atoms with van der Waals surface area (Å²) >= 11 is 6.19. The minimum atomic E-state index is -1.97. The molecular formula is C34H34BClF2N6O11. The van der Waals surface area contributed by atoms with Gasteiger partial charge in [-0.05, 0) is 60.7 Å². The number of phenols is 3. The third-order valence-corrected chi connectivity index (χ3v) is 10.1. The first-order valence-electron chi connectivity index (χ1n) is 16.9. The van der Waals surface area contributed by atoms with Crippen molar-refractivity contribution in [1.29, 1.82) is 0 Å². The van der Waals surface area contributed by atoms with Gasteiger partial charge in [-0.25, -0.2) is 28.1 Å². The molecule has 9 N–H and O–H groups in total. The third kappa shape index (κ3) is 7.60. The molecule has 6 amide bonds. The molecule has 290 valence electrons. The van der Waals surface area contributed by atoms with E-state index in [1.807, 2.05) is 0 Å². The number of fused-ring (bicyclic) bond motifs is 1. The van der Waals surface area contributed by atoms with Gasteiger partial charge in [-0.15, -0.1) is 0 Å². The molecule has 21 heteroatoms. The molecule has 17 nitrogen and oxygen atoms in total. The number of hydrogen-bond acceptors (Lipinski definition) is 11. The SMILES string of the molecule is NCc1cc(O)cc(C(=O)N2CCC(N3CCN(C(=O)NC(C(=O)N[C@H]4Cc5ccc(F)c(C(=O)O)c5OB4O)c4cc(F)c(O)c(O)c4Cl)C3=O)CC2)c1. The predicted molar refractivity (Wildman–Crippen MR) is 187 cm³/mol. The van der Waals surface area contributed by atoms with Crippen LogP contribution in [0.3, 0.4) is 0 Å². The number of amides is 6. The average molecular weight is 787 g/mol. The first kappa shape index (κ1) is 38.9. The highest BCUT2D eigenvalue weighted by atomic mass is 35.5. The van der Waals surface area contributed by atoms with E-state index in [0.29, 0.717) is 24.5 Å². The Kier molecular flexibility index (Phi) is 10.9. The maximum absolute atomic E-state index is 14.7. The molecule has 0 aliphatic carbocycles. The van der Waals surface area contributed by atoms with Crippen LogP contribution in [0.25, 0.3) is 0 Å². The molecule has 1 unspecified atom stereocenters. The number of likely N-dealkylation sites (tertiary alicyclic amines) is 1. The van der Waals surface area contributed by atoms with E-state index in [1.54, 1.807) is 11.0 Å². The lowest BCUT2D eigenvalue weighted by Gasteiger charge is -2.36. The molecule has 3 aliphatic heterocycles. The number of hydrogen-bond donors (Lipinski definition) is 8. The lowest BCUT2D eigenvalue weighted by atomic mass is 9.72. The number of piperidine rings is 1. The van der Waals surface area contributed by atoms with Crippen LogP contribution >= 0.6 is 11.6 Å². The van der Waals surface area contributed by atoms with Gasteiger partial charge >= 0.3 is 25.1 Å².